The van der Waals surface area contributed by atoms with Gasteiger partial charge in [-0.25, -0.2) is 13.4 Å². The van der Waals surface area contributed by atoms with Gasteiger partial charge in [-0.1, -0.05) is 23.7 Å². The molecule has 0 N–H and O–H groups in total. The van der Waals surface area contributed by atoms with Gasteiger partial charge in [0.25, 0.3) is 5.91 Å². The van der Waals surface area contributed by atoms with Crippen LogP contribution in [-0.2, 0) is 19.4 Å². The van der Waals surface area contributed by atoms with E-state index in [1.807, 2.05) is 19.1 Å². The largest absolute Gasteiger partial charge is 0.334 e. The van der Waals surface area contributed by atoms with Crippen LogP contribution in [0.15, 0.2) is 29.4 Å². The highest BCUT2D eigenvalue weighted by atomic mass is 35.5. The van der Waals surface area contributed by atoms with Gasteiger partial charge in [-0.3, -0.25) is 9.59 Å². The molecule has 2 aliphatic heterocycles. The third-order valence-corrected chi connectivity index (χ3v) is 7.08. The molecule has 1 aromatic rings. The van der Waals surface area contributed by atoms with Gasteiger partial charge in [-0.2, -0.15) is 5.10 Å². The van der Waals surface area contributed by atoms with E-state index in [4.69, 9.17) is 11.6 Å². The van der Waals surface area contributed by atoms with E-state index in [0.29, 0.717) is 11.4 Å². The number of amides is 2. The lowest BCUT2D eigenvalue weighted by molar-refractivity contribution is -0.134. The number of halogens is 1. The Labute approximate surface area is 163 Å². The van der Waals surface area contributed by atoms with Crippen molar-refractivity contribution >= 4 is 39.0 Å². The smallest absolute Gasteiger partial charge is 0.270 e. The summed E-state index contributed by atoms with van der Waals surface area (Å²) in [5.74, 6) is -0.565. The van der Waals surface area contributed by atoms with Crippen LogP contribution in [-0.4, -0.2) is 60.4 Å². The summed E-state index contributed by atoms with van der Waals surface area (Å²) in [5.41, 5.74) is 1.17. The van der Waals surface area contributed by atoms with Crippen LogP contribution >= 0.6 is 11.6 Å². The minimum atomic E-state index is -3.15. The average molecular weight is 412 g/mol. The number of carbonyl (C=O) groups excluding carboxylic acids is 2. The maximum atomic E-state index is 12.9. The molecule has 146 valence electrons. The Hall–Kier alpha value is -1.93. The number of carbonyl (C=O) groups is 2. The molecule has 0 saturated carbocycles. The van der Waals surface area contributed by atoms with Crippen LogP contribution in [0.3, 0.4) is 0 Å². The molecular weight excluding hydrogens is 390 g/mol. The van der Waals surface area contributed by atoms with Crippen molar-refractivity contribution in [3.8, 4) is 0 Å². The van der Waals surface area contributed by atoms with Crippen LogP contribution in [0.4, 0.5) is 0 Å². The van der Waals surface area contributed by atoms with E-state index >= 15 is 0 Å². The second-order valence-electron chi connectivity index (χ2n) is 6.99. The lowest BCUT2D eigenvalue weighted by Crippen LogP contribution is -2.44. The molecule has 2 amide bonds. The molecule has 0 aromatic heterocycles. The first-order valence-electron chi connectivity index (χ1n) is 8.80. The molecule has 2 unspecified atom stereocenters. The maximum absolute atomic E-state index is 12.9. The molecule has 2 atom stereocenters. The van der Waals surface area contributed by atoms with Gasteiger partial charge < -0.3 is 4.90 Å². The Kier molecular flexibility index (Phi) is 5.58. The highest BCUT2D eigenvalue weighted by Gasteiger charge is 2.38. The van der Waals surface area contributed by atoms with Crippen LogP contribution in [0.2, 0.25) is 5.02 Å². The molecule has 2 aliphatic rings. The van der Waals surface area contributed by atoms with E-state index in [1.165, 1.54) is 5.01 Å². The van der Waals surface area contributed by atoms with Gasteiger partial charge in [0, 0.05) is 24.9 Å². The summed E-state index contributed by atoms with van der Waals surface area (Å²) in [5, 5.41) is 6.04. The van der Waals surface area contributed by atoms with E-state index in [0.717, 1.165) is 5.56 Å². The second-order valence-corrected chi connectivity index (χ2v) is 9.65. The van der Waals surface area contributed by atoms with Gasteiger partial charge in [-0.15, -0.1) is 0 Å². The summed E-state index contributed by atoms with van der Waals surface area (Å²) in [6, 6.07) is 6.58. The predicted molar refractivity (Wildman–Crippen MR) is 103 cm³/mol. The fourth-order valence-corrected chi connectivity index (χ4v) is 5.24. The van der Waals surface area contributed by atoms with Crippen molar-refractivity contribution in [2.75, 3.05) is 18.6 Å². The molecule has 2 heterocycles. The Bertz CT molecular complexity index is 900. The molecule has 7 nitrogen and oxygen atoms in total. The van der Waals surface area contributed by atoms with E-state index in [2.05, 4.69) is 5.10 Å². The predicted octanol–water partition coefficient (Wildman–Crippen LogP) is 2.02. The zero-order valence-corrected chi connectivity index (χ0v) is 16.8. The molecule has 0 radical (unpaired) electrons. The Morgan fingerprint density at radius 1 is 1.37 bits per heavy atom. The first-order chi connectivity index (χ1) is 12.7. The fourth-order valence-electron chi connectivity index (χ4n) is 3.35. The lowest BCUT2D eigenvalue weighted by Gasteiger charge is -2.31. The van der Waals surface area contributed by atoms with Crippen molar-refractivity contribution in [1.82, 2.24) is 9.91 Å². The van der Waals surface area contributed by atoms with Crippen LogP contribution in [0.1, 0.15) is 37.8 Å². The van der Waals surface area contributed by atoms with Crippen LogP contribution in [0.25, 0.3) is 0 Å². The van der Waals surface area contributed by atoms with Gasteiger partial charge in [0.05, 0.1) is 23.6 Å². The van der Waals surface area contributed by atoms with Crippen LogP contribution in [0, 0.1) is 0 Å². The molecule has 0 aliphatic carbocycles. The highest BCUT2D eigenvalue weighted by Crippen LogP contribution is 2.25. The molecule has 0 bridgehead atoms. The molecular formula is C18H22ClN3O4S. The van der Waals surface area contributed by atoms with Gasteiger partial charge >= 0.3 is 0 Å². The molecule has 1 aromatic carbocycles. The van der Waals surface area contributed by atoms with Gasteiger partial charge in [-0.05, 0) is 31.0 Å². The molecule has 1 saturated heterocycles. The standard InChI is InChI=1S/C18H22ClN3O4S/c1-12(13-4-3-5-14(19)10-13)21(2)18(24)16-6-7-17(23)22(20-16)15-8-9-27(25,26)11-15/h3-5,10,12,15H,6-9,11H2,1-2H3. The number of sulfone groups is 1. The van der Waals surface area contributed by atoms with E-state index in [9.17, 15) is 18.0 Å². The lowest BCUT2D eigenvalue weighted by atomic mass is 10.1. The summed E-state index contributed by atoms with van der Waals surface area (Å²) in [6.45, 7) is 1.89. The zero-order valence-electron chi connectivity index (χ0n) is 15.3. The first kappa shape index (κ1) is 19.8. The minimum absolute atomic E-state index is 0.0476. The molecule has 1 fully saturated rings. The molecule has 27 heavy (non-hydrogen) atoms. The average Bonchev–Trinajstić information content (AvgIpc) is 3.00. The number of hydrogen-bond acceptors (Lipinski definition) is 5. The number of rotatable bonds is 4. The van der Waals surface area contributed by atoms with Gasteiger partial charge in [0.2, 0.25) is 5.91 Å². The molecule has 9 heteroatoms. The molecule has 3 rings (SSSR count). The minimum Gasteiger partial charge on any atom is -0.334 e. The monoisotopic (exact) mass is 411 g/mol. The van der Waals surface area contributed by atoms with Crippen molar-refractivity contribution in [3.05, 3.63) is 34.9 Å². The summed E-state index contributed by atoms with van der Waals surface area (Å²) in [6.07, 6.45) is 0.758. The quantitative estimate of drug-likeness (QED) is 0.758. The Morgan fingerprint density at radius 2 is 2.11 bits per heavy atom. The zero-order chi connectivity index (χ0) is 19.8. The SMILES string of the molecule is CC(c1cccc(Cl)c1)N(C)C(=O)C1=NN(C2CCS(=O)(=O)C2)C(=O)CC1. The van der Waals surface area contributed by atoms with Gasteiger partial charge in [0.1, 0.15) is 5.71 Å². The van der Waals surface area contributed by atoms with Crippen molar-refractivity contribution < 1.29 is 18.0 Å². The summed E-state index contributed by atoms with van der Waals surface area (Å²) in [4.78, 5) is 26.7. The number of benzene rings is 1. The second kappa shape index (κ2) is 7.59. The highest BCUT2D eigenvalue weighted by molar-refractivity contribution is 7.91. The van der Waals surface area contributed by atoms with Crippen molar-refractivity contribution in [2.45, 2.75) is 38.3 Å². The van der Waals surface area contributed by atoms with Crippen molar-refractivity contribution in [1.29, 1.82) is 0 Å². The molecule has 0 spiro atoms. The first-order valence-corrected chi connectivity index (χ1v) is 11.0. The van der Waals surface area contributed by atoms with E-state index in [1.54, 1.807) is 24.1 Å². The Balaban J connectivity index is 1.78. The summed E-state index contributed by atoms with van der Waals surface area (Å²) in [7, 11) is -1.47. The van der Waals surface area contributed by atoms with Crippen LogP contribution in [0.5, 0.6) is 0 Å². The van der Waals surface area contributed by atoms with Crippen molar-refractivity contribution in [3.63, 3.8) is 0 Å². The maximum Gasteiger partial charge on any atom is 0.270 e. The number of hydrogen-bond donors (Lipinski definition) is 0. The van der Waals surface area contributed by atoms with Gasteiger partial charge in [0.15, 0.2) is 9.84 Å². The third-order valence-electron chi connectivity index (χ3n) is 5.09. The summed E-state index contributed by atoms with van der Waals surface area (Å²) >= 11 is 6.03. The number of hydrazone groups is 1. The van der Waals surface area contributed by atoms with Crippen LogP contribution < -0.4 is 0 Å². The normalized spacial score (nSPS) is 23.1. The third kappa shape index (κ3) is 4.32. The topological polar surface area (TPSA) is 87.1 Å². The Morgan fingerprint density at radius 3 is 2.74 bits per heavy atom. The van der Waals surface area contributed by atoms with E-state index < -0.39 is 15.9 Å². The van der Waals surface area contributed by atoms with Crippen molar-refractivity contribution in [2.24, 2.45) is 5.10 Å². The number of nitrogens with zero attached hydrogens (tertiary/aromatic N) is 3. The summed E-state index contributed by atoms with van der Waals surface area (Å²) < 4.78 is 23.4. The fraction of sp³-hybridized carbons (Fsp3) is 0.500. The van der Waals surface area contributed by atoms with E-state index in [-0.39, 0.29) is 47.9 Å².